The van der Waals surface area contributed by atoms with Crippen molar-refractivity contribution < 1.29 is 23.8 Å². The number of carbonyl (C=O) groups excluding carboxylic acids is 2. The summed E-state index contributed by atoms with van der Waals surface area (Å²) in [5.41, 5.74) is 0. The van der Waals surface area contributed by atoms with Crippen LogP contribution in [0.25, 0.3) is 0 Å². The lowest BCUT2D eigenvalue weighted by molar-refractivity contribution is -0.146. The standard InChI is InChI=1S/C10H17NO5/c1-14-9(12)5-11(6-10(13)15-2)8-3-4-16-7-8/h8H,3-7H2,1-2H3. The molecule has 0 bridgehead atoms. The van der Waals surface area contributed by atoms with E-state index in [1.54, 1.807) is 4.90 Å². The molecule has 1 unspecified atom stereocenters. The first-order chi connectivity index (χ1) is 7.67. The van der Waals surface area contributed by atoms with Crippen LogP contribution in [0, 0.1) is 0 Å². The smallest absolute Gasteiger partial charge is 0.319 e. The molecule has 0 amide bonds. The van der Waals surface area contributed by atoms with Gasteiger partial charge in [0, 0.05) is 12.6 Å². The highest BCUT2D eigenvalue weighted by atomic mass is 16.5. The van der Waals surface area contributed by atoms with Gasteiger partial charge in [-0.2, -0.15) is 0 Å². The molecule has 0 spiro atoms. The second-order valence-corrected chi connectivity index (χ2v) is 3.57. The molecule has 0 aromatic carbocycles. The maximum Gasteiger partial charge on any atom is 0.319 e. The summed E-state index contributed by atoms with van der Waals surface area (Å²) in [6.07, 6.45) is 0.813. The summed E-state index contributed by atoms with van der Waals surface area (Å²) < 4.78 is 14.4. The fourth-order valence-corrected chi connectivity index (χ4v) is 1.58. The summed E-state index contributed by atoms with van der Waals surface area (Å²) in [5.74, 6) is -0.730. The minimum atomic E-state index is -0.365. The summed E-state index contributed by atoms with van der Waals surface area (Å²) >= 11 is 0. The fraction of sp³-hybridized carbons (Fsp3) is 0.800. The lowest BCUT2D eigenvalue weighted by Crippen LogP contribution is -2.43. The molecule has 6 heteroatoms. The van der Waals surface area contributed by atoms with Gasteiger partial charge in [-0.1, -0.05) is 0 Å². The molecule has 1 atom stereocenters. The molecule has 0 aromatic rings. The first-order valence-electron chi connectivity index (χ1n) is 5.12. The van der Waals surface area contributed by atoms with Crippen LogP contribution in [-0.2, 0) is 23.8 Å². The van der Waals surface area contributed by atoms with Crippen molar-refractivity contribution in [2.75, 3.05) is 40.5 Å². The Morgan fingerprint density at radius 3 is 2.19 bits per heavy atom. The molecule has 1 aliphatic heterocycles. The Balaban J connectivity index is 2.53. The first kappa shape index (κ1) is 12.9. The molecule has 1 aliphatic rings. The van der Waals surface area contributed by atoms with Crippen LogP contribution in [0.2, 0.25) is 0 Å². The first-order valence-corrected chi connectivity index (χ1v) is 5.12. The molecule has 0 N–H and O–H groups in total. The number of hydrogen-bond donors (Lipinski definition) is 0. The summed E-state index contributed by atoms with van der Waals surface area (Å²) in [6.45, 7) is 1.36. The monoisotopic (exact) mass is 231 g/mol. The summed E-state index contributed by atoms with van der Waals surface area (Å²) in [5, 5.41) is 0. The third-order valence-corrected chi connectivity index (χ3v) is 2.54. The number of esters is 2. The average molecular weight is 231 g/mol. The van der Waals surface area contributed by atoms with E-state index in [9.17, 15) is 9.59 Å². The molecule has 1 saturated heterocycles. The van der Waals surface area contributed by atoms with E-state index >= 15 is 0 Å². The highest BCUT2D eigenvalue weighted by molar-refractivity contribution is 5.74. The van der Waals surface area contributed by atoms with E-state index in [0.29, 0.717) is 13.2 Å². The molecule has 0 radical (unpaired) electrons. The van der Waals surface area contributed by atoms with Gasteiger partial charge in [0.2, 0.25) is 0 Å². The number of nitrogens with zero attached hydrogens (tertiary/aromatic N) is 1. The molecule has 92 valence electrons. The van der Waals surface area contributed by atoms with Gasteiger partial charge in [-0.25, -0.2) is 0 Å². The SMILES string of the molecule is COC(=O)CN(CC(=O)OC)C1CCOC1. The van der Waals surface area contributed by atoms with Crippen LogP contribution < -0.4 is 0 Å². The van der Waals surface area contributed by atoms with Crippen molar-refractivity contribution in [1.82, 2.24) is 4.90 Å². The molecule has 6 nitrogen and oxygen atoms in total. The van der Waals surface area contributed by atoms with Crippen molar-refractivity contribution in [3.63, 3.8) is 0 Å². The molecule has 16 heavy (non-hydrogen) atoms. The van der Waals surface area contributed by atoms with Gasteiger partial charge >= 0.3 is 11.9 Å². The van der Waals surface area contributed by atoms with E-state index in [0.717, 1.165) is 6.42 Å². The predicted octanol–water partition coefficient (Wildman–Crippen LogP) is -0.577. The zero-order valence-corrected chi connectivity index (χ0v) is 9.60. The molecular formula is C10H17NO5. The Morgan fingerprint density at radius 1 is 1.25 bits per heavy atom. The van der Waals surface area contributed by atoms with Gasteiger partial charge in [0.15, 0.2) is 0 Å². The van der Waals surface area contributed by atoms with E-state index in [-0.39, 0.29) is 31.1 Å². The Morgan fingerprint density at radius 2 is 1.81 bits per heavy atom. The third-order valence-electron chi connectivity index (χ3n) is 2.54. The average Bonchev–Trinajstić information content (AvgIpc) is 2.81. The number of methoxy groups -OCH3 is 2. The van der Waals surface area contributed by atoms with E-state index in [1.807, 2.05) is 0 Å². The third kappa shape index (κ3) is 3.79. The minimum absolute atomic E-state index is 0.0817. The topological polar surface area (TPSA) is 65.1 Å². The molecule has 0 aromatic heterocycles. The largest absolute Gasteiger partial charge is 0.468 e. The second kappa shape index (κ2) is 6.44. The Hall–Kier alpha value is -1.14. The Labute approximate surface area is 94.4 Å². The number of rotatable bonds is 5. The molecule has 0 saturated carbocycles. The second-order valence-electron chi connectivity index (χ2n) is 3.57. The van der Waals surface area contributed by atoms with E-state index in [1.165, 1.54) is 14.2 Å². The molecule has 1 heterocycles. The predicted molar refractivity (Wildman–Crippen MR) is 54.8 cm³/mol. The van der Waals surface area contributed by atoms with Crippen LogP contribution in [0.1, 0.15) is 6.42 Å². The maximum absolute atomic E-state index is 11.2. The molecule has 1 fully saturated rings. The summed E-state index contributed by atoms with van der Waals surface area (Å²) in [7, 11) is 2.65. The number of hydrogen-bond acceptors (Lipinski definition) is 6. The van der Waals surface area contributed by atoms with Crippen molar-refractivity contribution in [2.45, 2.75) is 12.5 Å². The lowest BCUT2D eigenvalue weighted by atomic mass is 10.2. The molecular weight excluding hydrogens is 214 g/mol. The highest BCUT2D eigenvalue weighted by Gasteiger charge is 2.27. The van der Waals surface area contributed by atoms with Gasteiger partial charge in [0.25, 0.3) is 0 Å². The van der Waals surface area contributed by atoms with Gasteiger partial charge in [-0.15, -0.1) is 0 Å². The van der Waals surface area contributed by atoms with Crippen molar-refractivity contribution in [3.8, 4) is 0 Å². The van der Waals surface area contributed by atoms with Crippen LogP contribution in [0.15, 0.2) is 0 Å². The number of ether oxygens (including phenoxy) is 3. The van der Waals surface area contributed by atoms with Crippen LogP contribution in [0.3, 0.4) is 0 Å². The quantitative estimate of drug-likeness (QED) is 0.590. The summed E-state index contributed by atoms with van der Waals surface area (Å²) in [6, 6.07) is 0.0817. The van der Waals surface area contributed by atoms with Crippen LogP contribution in [-0.4, -0.2) is 63.4 Å². The number of carbonyl (C=O) groups is 2. The highest BCUT2D eigenvalue weighted by Crippen LogP contribution is 2.12. The zero-order valence-electron chi connectivity index (χ0n) is 9.60. The zero-order chi connectivity index (χ0) is 12.0. The van der Waals surface area contributed by atoms with Crippen molar-refractivity contribution in [2.24, 2.45) is 0 Å². The van der Waals surface area contributed by atoms with Crippen LogP contribution in [0.4, 0.5) is 0 Å². The van der Waals surface area contributed by atoms with Crippen LogP contribution >= 0.6 is 0 Å². The minimum Gasteiger partial charge on any atom is -0.468 e. The molecule has 0 aliphatic carbocycles. The van der Waals surface area contributed by atoms with Gasteiger partial charge in [-0.3, -0.25) is 14.5 Å². The van der Waals surface area contributed by atoms with Gasteiger partial charge in [0.05, 0.1) is 33.9 Å². The Bertz CT molecular complexity index is 232. The molecule has 1 rings (SSSR count). The normalized spacial score (nSPS) is 19.8. The van der Waals surface area contributed by atoms with Crippen molar-refractivity contribution >= 4 is 11.9 Å². The van der Waals surface area contributed by atoms with E-state index < -0.39 is 0 Å². The van der Waals surface area contributed by atoms with E-state index in [4.69, 9.17) is 4.74 Å². The summed E-state index contributed by atoms with van der Waals surface area (Å²) in [4.78, 5) is 24.1. The van der Waals surface area contributed by atoms with E-state index in [2.05, 4.69) is 9.47 Å². The van der Waals surface area contributed by atoms with Gasteiger partial charge in [-0.05, 0) is 6.42 Å². The van der Waals surface area contributed by atoms with Crippen molar-refractivity contribution in [3.05, 3.63) is 0 Å². The van der Waals surface area contributed by atoms with Crippen molar-refractivity contribution in [1.29, 1.82) is 0 Å². The fourth-order valence-electron chi connectivity index (χ4n) is 1.58. The van der Waals surface area contributed by atoms with Crippen LogP contribution in [0.5, 0.6) is 0 Å². The Kier molecular flexibility index (Phi) is 5.21. The lowest BCUT2D eigenvalue weighted by Gasteiger charge is -2.24. The van der Waals surface area contributed by atoms with Gasteiger partial charge in [0.1, 0.15) is 0 Å². The maximum atomic E-state index is 11.2. The van der Waals surface area contributed by atoms with Gasteiger partial charge < -0.3 is 14.2 Å².